The van der Waals surface area contributed by atoms with Crippen molar-refractivity contribution in [3.05, 3.63) is 55.0 Å². The summed E-state index contributed by atoms with van der Waals surface area (Å²) >= 11 is 1.73. The summed E-state index contributed by atoms with van der Waals surface area (Å²) in [6.45, 7) is 0. The highest BCUT2D eigenvalue weighted by molar-refractivity contribution is 7.98. The molecule has 3 heterocycles. The highest BCUT2D eigenvalue weighted by atomic mass is 32.2. The number of aryl methyl sites for hydroxylation is 1. The Labute approximate surface area is 138 Å². The predicted molar refractivity (Wildman–Crippen MR) is 93.4 cm³/mol. The average Bonchev–Trinajstić information content (AvgIpc) is 3.20. The molecule has 0 radical (unpaired) electrons. The quantitative estimate of drug-likeness (QED) is 0.517. The Hall–Kier alpha value is -2.53. The molecule has 0 aliphatic heterocycles. The zero-order valence-electron chi connectivity index (χ0n) is 12.9. The molecule has 0 amide bonds. The van der Waals surface area contributed by atoms with Gasteiger partial charge in [-0.3, -0.25) is 9.67 Å². The third-order valence-electron chi connectivity index (χ3n) is 3.78. The summed E-state index contributed by atoms with van der Waals surface area (Å²) in [6.07, 6.45) is 7.64. The van der Waals surface area contributed by atoms with Crippen LogP contribution in [0.3, 0.4) is 0 Å². The first-order chi connectivity index (χ1) is 11.2. The van der Waals surface area contributed by atoms with Gasteiger partial charge < -0.3 is 4.42 Å². The van der Waals surface area contributed by atoms with Gasteiger partial charge in [0.05, 0.1) is 11.8 Å². The van der Waals surface area contributed by atoms with Gasteiger partial charge in [-0.1, -0.05) is 12.1 Å². The van der Waals surface area contributed by atoms with Gasteiger partial charge in [0.15, 0.2) is 5.58 Å². The largest absolute Gasteiger partial charge is 0.454 e. The van der Waals surface area contributed by atoms with Gasteiger partial charge >= 0.3 is 0 Å². The Balaban J connectivity index is 1.89. The van der Waals surface area contributed by atoms with E-state index in [0.717, 1.165) is 33.6 Å². The van der Waals surface area contributed by atoms with Crippen LogP contribution in [0.25, 0.3) is 33.6 Å². The van der Waals surface area contributed by atoms with Gasteiger partial charge in [0.25, 0.3) is 0 Å². The molecule has 4 rings (SSSR count). The minimum Gasteiger partial charge on any atom is -0.454 e. The van der Waals surface area contributed by atoms with Gasteiger partial charge in [0.2, 0.25) is 0 Å². The van der Waals surface area contributed by atoms with Crippen molar-refractivity contribution in [3.63, 3.8) is 0 Å². The Morgan fingerprint density at radius 1 is 1.13 bits per heavy atom. The highest BCUT2D eigenvalue weighted by Gasteiger charge is 2.13. The van der Waals surface area contributed by atoms with Crippen molar-refractivity contribution in [2.45, 2.75) is 4.90 Å². The number of aromatic nitrogens is 3. The topological polar surface area (TPSA) is 43.9 Å². The second-order valence-corrected chi connectivity index (χ2v) is 6.20. The molecule has 23 heavy (non-hydrogen) atoms. The number of hydrogen-bond acceptors (Lipinski definition) is 4. The minimum absolute atomic E-state index is 0.786. The molecule has 0 unspecified atom stereocenters. The van der Waals surface area contributed by atoms with Crippen LogP contribution in [-0.2, 0) is 7.05 Å². The van der Waals surface area contributed by atoms with E-state index in [2.05, 4.69) is 40.6 Å². The van der Waals surface area contributed by atoms with Gasteiger partial charge in [-0.25, -0.2) is 0 Å². The minimum atomic E-state index is 0.786. The Kier molecular flexibility index (Phi) is 3.42. The van der Waals surface area contributed by atoms with E-state index in [1.54, 1.807) is 22.6 Å². The van der Waals surface area contributed by atoms with Crippen LogP contribution in [0.5, 0.6) is 0 Å². The molecule has 0 bridgehead atoms. The van der Waals surface area contributed by atoms with Gasteiger partial charge in [0.1, 0.15) is 11.3 Å². The van der Waals surface area contributed by atoms with E-state index in [0.29, 0.717) is 0 Å². The lowest BCUT2D eigenvalue weighted by molar-refractivity contribution is 0.632. The van der Waals surface area contributed by atoms with Crippen molar-refractivity contribution in [2.75, 3.05) is 6.26 Å². The second-order valence-electron chi connectivity index (χ2n) is 5.32. The Morgan fingerprint density at radius 3 is 2.83 bits per heavy atom. The number of rotatable bonds is 3. The van der Waals surface area contributed by atoms with Crippen molar-refractivity contribution >= 4 is 22.9 Å². The SMILES string of the molecule is CSc1cccc(-c2ccnc3cc(-c4cnn(C)c4)oc23)c1. The summed E-state index contributed by atoms with van der Waals surface area (Å²) in [6, 6.07) is 12.4. The molecule has 1 aromatic carbocycles. The number of thioether (sulfide) groups is 1. The molecule has 0 aliphatic carbocycles. The standard InChI is InChI=1S/C18H15N3OS/c1-21-11-13(10-20-21)17-9-16-18(22-17)15(6-7-19-16)12-4-3-5-14(8-12)23-2/h3-11H,1-2H3. The van der Waals surface area contributed by atoms with Crippen molar-refractivity contribution in [3.8, 4) is 22.5 Å². The van der Waals surface area contributed by atoms with Crippen LogP contribution in [-0.4, -0.2) is 21.0 Å². The lowest BCUT2D eigenvalue weighted by atomic mass is 10.1. The van der Waals surface area contributed by atoms with E-state index in [1.807, 2.05) is 31.6 Å². The van der Waals surface area contributed by atoms with E-state index in [4.69, 9.17) is 4.42 Å². The van der Waals surface area contributed by atoms with Crippen molar-refractivity contribution in [2.24, 2.45) is 7.05 Å². The molecule has 114 valence electrons. The summed E-state index contributed by atoms with van der Waals surface area (Å²) in [5.41, 5.74) is 4.81. The molecule has 0 N–H and O–H groups in total. The van der Waals surface area contributed by atoms with Crippen molar-refractivity contribution in [1.82, 2.24) is 14.8 Å². The zero-order chi connectivity index (χ0) is 15.8. The summed E-state index contributed by atoms with van der Waals surface area (Å²) in [5.74, 6) is 0.786. The number of pyridine rings is 1. The van der Waals surface area contributed by atoms with Crippen LogP contribution >= 0.6 is 11.8 Å². The summed E-state index contributed by atoms with van der Waals surface area (Å²) < 4.78 is 7.87. The van der Waals surface area contributed by atoms with Gasteiger partial charge in [-0.15, -0.1) is 11.8 Å². The number of hydrogen-bond donors (Lipinski definition) is 0. The first-order valence-corrected chi connectivity index (χ1v) is 8.49. The molecule has 3 aromatic heterocycles. The molecular weight excluding hydrogens is 306 g/mol. The number of benzene rings is 1. The maximum absolute atomic E-state index is 6.10. The fourth-order valence-electron chi connectivity index (χ4n) is 2.65. The van der Waals surface area contributed by atoms with Crippen LogP contribution in [0.2, 0.25) is 0 Å². The first-order valence-electron chi connectivity index (χ1n) is 7.26. The molecule has 0 saturated heterocycles. The van der Waals surface area contributed by atoms with E-state index in [9.17, 15) is 0 Å². The molecule has 5 heteroatoms. The predicted octanol–water partition coefficient (Wildman–Crippen LogP) is 4.62. The van der Waals surface area contributed by atoms with Crippen LogP contribution < -0.4 is 0 Å². The average molecular weight is 321 g/mol. The lowest BCUT2D eigenvalue weighted by Crippen LogP contribution is -1.83. The van der Waals surface area contributed by atoms with E-state index in [-0.39, 0.29) is 0 Å². The molecule has 0 atom stereocenters. The zero-order valence-corrected chi connectivity index (χ0v) is 13.7. The number of fused-ring (bicyclic) bond motifs is 1. The summed E-state index contributed by atoms with van der Waals surface area (Å²) in [5, 5.41) is 4.20. The van der Waals surface area contributed by atoms with Gasteiger partial charge in [-0.2, -0.15) is 5.10 Å². The maximum Gasteiger partial charge on any atom is 0.161 e. The van der Waals surface area contributed by atoms with Crippen LogP contribution in [0.15, 0.2) is 64.3 Å². The first kappa shape index (κ1) is 14.1. The fourth-order valence-corrected chi connectivity index (χ4v) is 3.11. The van der Waals surface area contributed by atoms with Crippen LogP contribution in [0.4, 0.5) is 0 Å². The Morgan fingerprint density at radius 2 is 2.04 bits per heavy atom. The maximum atomic E-state index is 6.10. The fraction of sp³-hybridized carbons (Fsp3) is 0.111. The monoisotopic (exact) mass is 321 g/mol. The van der Waals surface area contributed by atoms with Crippen molar-refractivity contribution < 1.29 is 4.42 Å². The molecule has 4 aromatic rings. The molecule has 0 aliphatic rings. The lowest BCUT2D eigenvalue weighted by Gasteiger charge is -2.04. The summed E-state index contributed by atoms with van der Waals surface area (Å²) in [7, 11) is 1.89. The van der Waals surface area contributed by atoms with E-state index in [1.165, 1.54) is 4.90 Å². The van der Waals surface area contributed by atoms with Crippen molar-refractivity contribution in [1.29, 1.82) is 0 Å². The van der Waals surface area contributed by atoms with E-state index < -0.39 is 0 Å². The summed E-state index contributed by atoms with van der Waals surface area (Å²) in [4.78, 5) is 5.66. The third kappa shape index (κ3) is 2.53. The van der Waals surface area contributed by atoms with Crippen LogP contribution in [0, 0.1) is 0 Å². The van der Waals surface area contributed by atoms with Crippen LogP contribution in [0.1, 0.15) is 0 Å². The second kappa shape index (κ2) is 5.59. The molecule has 4 nitrogen and oxygen atoms in total. The number of nitrogens with zero attached hydrogens (tertiary/aromatic N) is 3. The molecule has 0 spiro atoms. The molecular formula is C18H15N3OS. The van der Waals surface area contributed by atoms with Gasteiger partial charge in [-0.05, 0) is 30.0 Å². The molecule has 0 fully saturated rings. The Bertz CT molecular complexity index is 987. The highest BCUT2D eigenvalue weighted by Crippen LogP contribution is 2.34. The molecule has 0 saturated carbocycles. The van der Waals surface area contributed by atoms with Gasteiger partial charge in [0, 0.05) is 36.0 Å². The number of furan rings is 1. The van der Waals surface area contributed by atoms with E-state index >= 15 is 0 Å². The normalized spacial score (nSPS) is 11.2. The smallest absolute Gasteiger partial charge is 0.161 e. The third-order valence-corrected chi connectivity index (χ3v) is 4.51.